The molecule has 0 saturated heterocycles. The number of nitrogens with one attached hydrogen (secondary N) is 3. The SMILES string of the molecule is O=c1[nH]c2c(O)ccc([C@@H](O)CNCCC3=CC(CNCCCc4ccccn4)=CCC3)c2s1. The van der Waals surface area contributed by atoms with Gasteiger partial charge in [0.05, 0.1) is 10.8 Å². The molecule has 180 valence electrons. The van der Waals surface area contributed by atoms with Crippen LogP contribution >= 0.6 is 11.3 Å². The van der Waals surface area contributed by atoms with Gasteiger partial charge in [-0.1, -0.05) is 41.2 Å². The Labute approximate surface area is 203 Å². The predicted molar refractivity (Wildman–Crippen MR) is 137 cm³/mol. The Morgan fingerprint density at radius 2 is 2.06 bits per heavy atom. The second-order valence-electron chi connectivity index (χ2n) is 8.58. The number of rotatable bonds is 12. The third kappa shape index (κ3) is 6.64. The molecule has 0 fully saturated rings. The Bertz CT molecular complexity index is 1200. The summed E-state index contributed by atoms with van der Waals surface area (Å²) >= 11 is 1.01. The number of hydrogen-bond donors (Lipinski definition) is 5. The summed E-state index contributed by atoms with van der Waals surface area (Å²) in [7, 11) is 0. The lowest BCUT2D eigenvalue weighted by atomic mass is 9.97. The molecule has 34 heavy (non-hydrogen) atoms. The highest BCUT2D eigenvalue weighted by atomic mass is 32.1. The molecule has 1 aliphatic carbocycles. The van der Waals surface area contributed by atoms with E-state index in [4.69, 9.17) is 0 Å². The summed E-state index contributed by atoms with van der Waals surface area (Å²) in [4.78, 5) is 18.4. The number of phenols is 1. The first-order valence-corrected chi connectivity index (χ1v) is 12.6. The van der Waals surface area contributed by atoms with Crippen LogP contribution in [-0.2, 0) is 6.42 Å². The van der Waals surface area contributed by atoms with Gasteiger partial charge in [-0.05, 0) is 69.0 Å². The maximum absolute atomic E-state index is 11.7. The highest BCUT2D eigenvalue weighted by Crippen LogP contribution is 2.31. The fourth-order valence-corrected chi connectivity index (χ4v) is 5.15. The first-order valence-electron chi connectivity index (χ1n) is 11.8. The van der Waals surface area contributed by atoms with Gasteiger partial charge in [0.2, 0.25) is 0 Å². The number of aliphatic hydroxyl groups is 1. The molecular weight excluding hydrogens is 448 g/mol. The lowest BCUT2D eigenvalue weighted by Gasteiger charge is -2.16. The number of allylic oxidation sites excluding steroid dienone is 1. The lowest BCUT2D eigenvalue weighted by molar-refractivity contribution is 0.176. The summed E-state index contributed by atoms with van der Waals surface area (Å²) in [6, 6.07) is 9.23. The van der Waals surface area contributed by atoms with Crippen molar-refractivity contribution in [1.82, 2.24) is 20.6 Å². The average molecular weight is 481 g/mol. The molecule has 1 atom stereocenters. The van der Waals surface area contributed by atoms with Gasteiger partial charge < -0.3 is 25.8 Å². The van der Waals surface area contributed by atoms with Crippen LogP contribution in [0.15, 0.2) is 64.6 Å². The van der Waals surface area contributed by atoms with E-state index in [0.29, 0.717) is 22.3 Å². The largest absolute Gasteiger partial charge is 0.506 e. The molecule has 0 aliphatic heterocycles. The topological polar surface area (TPSA) is 110 Å². The Kier molecular flexibility index (Phi) is 8.65. The molecule has 0 bridgehead atoms. The van der Waals surface area contributed by atoms with Crippen molar-refractivity contribution in [2.45, 2.75) is 38.2 Å². The van der Waals surface area contributed by atoms with Crippen LogP contribution < -0.4 is 15.5 Å². The zero-order valence-electron chi connectivity index (χ0n) is 19.2. The minimum atomic E-state index is -0.749. The van der Waals surface area contributed by atoms with Crippen molar-refractivity contribution < 1.29 is 10.2 Å². The summed E-state index contributed by atoms with van der Waals surface area (Å²) in [5.41, 5.74) is 4.95. The standard InChI is InChI=1S/C26H32N4O3S/c31-22-10-9-21(25-24(22)30-26(33)34-25)23(32)17-28-14-11-18-5-3-6-19(15-18)16-27-12-4-8-20-7-1-2-13-29-20/h1-2,6-7,9-10,13,15,23,27-28,31-32H,3-5,8,11-12,14,16-17H2,(H,30,33)/t23-/m0/s1. The highest BCUT2D eigenvalue weighted by molar-refractivity contribution is 7.16. The number of aromatic amines is 1. The minimum Gasteiger partial charge on any atom is -0.506 e. The van der Waals surface area contributed by atoms with Gasteiger partial charge in [-0.25, -0.2) is 0 Å². The molecule has 5 N–H and O–H groups in total. The van der Waals surface area contributed by atoms with Gasteiger partial charge in [0.1, 0.15) is 11.3 Å². The summed E-state index contributed by atoms with van der Waals surface area (Å²) in [6.07, 6.45) is 10.8. The molecule has 3 aromatic rings. The van der Waals surface area contributed by atoms with Crippen LogP contribution in [0, 0.1) is 0 Å². The molecule has 0 spiro atoms. The average Bonchev–Trinajstić information content (AvgIpc) is 3.25. The van der Waals surface area contributed by atoms with Gasteiger partial charge in [-0.2, -0.15) is 0 Å². The van der Waals surface area contributed by atoms with Crippen LogP contribution in [0.4, 0.5) is 0 Å². The Balaban J connectivity index is 1.17. The number of phenolic OH excluding ortho intramolecular Hbond substituents is 1. The molecule has 0 radical (unpaired) electrons. The van der Waals surface area contributed by atoms with Crippen molar-refractivity contribution >= 4 is 21.6 Å². The lowest BCUT2D eigenvalue weighted by Crippen LogP contribution is -2.23. The summed E-state index contributed by atoms with van der Waals surface area (Å²) in [6.45, 7) is 3.02. The number of aliphatic hydroxyl groups excluding tert-OH is 1. The van der Waals surface area contributed by atoms with Gasteiger partial charge in [0, 0.05) is 30.5 Å². The van der Waals surface area contributed by atoms with E-state index in [2.05, 4.69) is 38.8 Å². The van der Waals surface area contributed by atoms with E-state index in [9.17, 15) is 15.0 Å². The quantitative estimate of drug-likeness (QED) is 0.254. The van der Waals surface area contributed by atoms with E-state index in [1.807, 2.05) is 18.3 Å². The second-order valence-corrected chi connectivity index (χ2v) is 9.57. The van der Waals surface area contributed by atoms with Gasteiger partial charge in [-0.15, -0.1) is 0 Å². The molecule has 2 aromatic heterocycles. The van der Waals surface area contributed by atoms with Gasteiger partial charge in [0.15, 0.2) is 0 Å². The van der Waals surface area contributed by atoms with Crippen LogP contribution in [0.2, 0.25) is 0 Å². The number of fused-ring (bicyclic) bond motifs is 1. The van der Waals surface area contributed by atoms with Gasteiger partial charge in [0.25, 0.3) is 0 Å². The van der Waals surface area contributed by atoms with Crippen LogP contribution in [0.1, 0.15) is 43.0 Å². The summed E-state index contributed by atoms with van der Waals surface area (Å²) in [5.74, 6) is 0.0213. The van der Waals surface area contributed by atoms with Crippen LogP contribution in [-0.4, -0.2) is 46.4 Å². The van der Waals surface area contributed by atoms with Crippen molar-refractivity contribution in [2.75, 3.05) is 26.2 Å². The van der Waals surface area contributed by atoms with Crippen molar-refractivity contribution in [3.8, 4) is 5.75 Å². The molecule has 0 amide bonds. The van der Waals surface area contributed by atoms with Crippen LogP contribution in [0.3, 0.4) is 0 Å². The van der Waals surface area contributed by atoms with Crippen molar-refractivity contribution in [3.05, 3.63) is 80.8 Å². The Morgan fingerprint density at radius 3 is 2.91 bits per heavy atom. The van der Waals surface area contributed by atoms with Gasteiger partial charge >= 0.3 is 4.87 Å². The number of aryl methyl sites for hydroxylation is 1. The molecule has 4 rings (SSSR count). The number of aromatic hydroxyl groups is 1. The zero-order valence-corrected chi connectivity index (χ0v) is 20.0. The normalized spacial score (nSPS) is 14.7. The summed E-state index contributed by atoms with van der Waals surface area (Å²) in [5, 5.41) is 27.4. The number of pyridine rings is 1. The highest BCUT2D eigenvalue weighted by Gasteiger charge is 2.16. The molecule has 7 nitrogen and oxygen atoms in total. The number of thiazole rings is 1. The molecule has 0 saturated carbocycles. The maximum atomic E-state index is 11.7. The number of aromatic nitrogens is 2. The van der Waals surface area contributed by atoms with E-state index < -0.39 is 6.10 Å². The molecule has 0 unspecified atom stereocenters. The second kappa shape index (κ2) is 12.1. The monoisotopic (exact) mass is 480 g/mol. The number of nitrogens with zero attached hydrogens (tertiary/aromatic N) is 1. The number of H-pyrrole nitrogens is 1. The maximum Gasteiger partial charge on any atom is 0.305 e. The third-order valence-electron chi connectivity index (χ3n) is 6.01. The third-order valence-corrected chi connectivity index (χ3v) is 6.94. The zero-order chi connectivity index (χ0) is 23.8. The Morgan fingerprint density at radius 1 is 1.15 bits per heavy atom. The van der Waals surface area contributed by atoms with Crippen LogP contribution in [0.5, 0.6) is 5.75 Å². The van der Waals surface area contributed by atoms with Crippen molar-refractivity contribution in [1.29, 1.82) is 0 Å². The van der Waals surface area contributed by atoms with E-state index in [1.165, 1.54) is 17.2 Å². The number of benzene rings is 1. The van der Waals surface area contributed by atoms with Crippen LogP contribution in [0.25, 0.3) is 10.2 Å². The fraction of sp³-hybridized carbons (Fsp3) is 0.385. The van der Waals surface area contributed by atoms with Crippen molar-refractivity contribution in [3.63, 3.8) is 0 Å². The first-order chi connectivity index (χ1) is 16.6. The Hall–Kier alpha value is -2.78. The number of hydrogen-bond acceptors (Lipinski definition) is 7. The minimum absolute atomic E-state index is 0.0213. The van der Waals surface area contributed by atoms with E-state index in [0.717, 1.165) is 68.8 Å². The van der Waals surface area contributed by atoms with E-state index in [-0.39, 0.29) is 10.6 Å². The molecule has 1 aromatic carbocycles. The predicted octanol–water partition coefficient (Wildman–Crippen LogP) is 3.57. The van der Waals surface area contributed by atoms with Crippen molar-refractivity contribution in [2.24, 2.45) is 0 Å². The van der Waals surface area contributed by atoms with Gasteiger partial charge in [-0.3, -0.25) is 9.78 Å². The first kappa shape index (κ1) is 24.3. The van der Waals surface area contributed by atoms with E-state index in [1.54, 1.807) is 6.07 Å². The molecule has 2 heterocycles. The fourth-order valence-electron chi connectivity index (χ4n) is 4.23. The summed E-state index contributed by atoms with van der Waals surface area (Å²) < 4.78 is 0.608. The molecular formula is C26H32N4O3S. The van der Waals surface area contributed by atoms with E-state index >= 15 is 0 Å². The smallest absolute Gasteiger partial charge is 0.305 e. The molecule has 8 heteroatoms. The molecule has 1 aliphatic rings.